The summed E-state index contributed by atoms with van der Waals surface area (Å²) in [7, 11) is 3.09. The number of ether oxygens (including phenoxy) is 6. The van der Waals surface area contributed by atoms with E-state index in [1.165, 1.54) is 14.0 Å². The molecule has 2 aliphatic heterocycles. The van der Waals surface area contributed by atoms with Gasteiger partial charge in [-0.2, -0.15) is 0 Å². The molecule has 0 aliphatic carbocycles. The molecule has 0 bridgehead atoms. The van der Waals surface area contributed by atoms with Crippen molar-refractivity contribution in [1.29, 1.82) is 0 Å². The molecule has 164 valence electrons. The molecule has 2 atom stereocenters. The quantitative estimate of drug-likeness (QED) is 0.622. The Morgan fingerprint density at radius 3 is 2.48 bits per heavy atom. The second-order valence-corrected chi connectivity index (χ2v) is 7.54. The molecular weight excluding hydrogens is 404 g/mol. The number of esters is 2. The Morgan fingerprint density at radius 1 is 1.00 bits per heavy atom. The first kappa shape index (κ1) is 20.8. The Kier molecular flexibility index (Phi) is 5.63. The molecule has 1 saturated heterocycles. The van der Waals surface area contributed by atoms with Crippen molar-refractivity contribution in [2.75, 3.05) is 27.6 Å². The van der Waals surface area contributed by atoms with Crippen LogP contribution in [0.2, 0.25) is 0 Å². The van der Waals surface area contributed by atoms with Gasteiger partial charge in [-0.3, -0.25) is 4.79 Å². The minimum atomic E-state index is -1.44. The molecule has 0 saturated carbocycles. The van der Waals surface area contributed by atoms with Gasteiger partial charge in [0.15, 0.2) is 23.0 Å². The first-order chi connectivity index (χ1) is 14.9. The summed E-state index contributed by atoms with van der Waals surface area (Å²) in [4.78, 5) is 24.9. The van der Waals surface area contributed by atoms with Crippen LogP contribution in [0.15, 0.2) is 36.4 Å². The highest BCUT2D eigenvalue weighted by Crippen LogP contribution is 2.40. The van der Waals surface area contributed by atoms with Gasteiger partial charge in [-0.05, 0) is 41.8 Å². The molecule has 0 amide bonds. The van der Waals surface area contributed by atoms with E-state index in [1.807, 2.05) is 24.3 Å². The van der Waals surface area contributed by atoms with Crippen LogP contribution in [0, 0.1) is 5.92 Å². The molecule has 2 aliphatic rings. The SMILES string of the molecule is COc1ccc(C[C@]2(OC(C)=O)C(=O)OC[C@@H]2Cc2ccc3c(c2)OCO3)cc1OC. The third kappa shape index (κ3) is 3.97. The van der Waals surface area contributed by atoms with Gasteiger partial charge in [-0.15, -0.1) is 0 Å². The van der Waals surface area contributed by atoms with Crippen molar-refractivity contribution in [2.24, 2.45) is 5.92 Å². The van der Waals surface area contributed by atoms with Crippen LogP contribution in [0.5, 0.6) is 23.0 Å². The van der Waals surface area contributed by atoms with Crippen LogP contribution in [0.3, 0.4) is 0 Å². The Hall–Kier alpha value is -3.42. The second kappa shape index (κ2) is 8.37. The molecule has 0 N–H and O–H groups in total. The number of cyclic esters (lactones) is 1. The van der Waals surface area contributed by atoms with E-state index in [0.717, 1.165) is 11.1 Å². The topological polar surface area (TPSA) is 89.5 Å². The first-order valence-corrected chi connectivity index (χ1v) is 9.91. The monoisotopic (exact) mass is 428 g/mol. The number of fused-ring (bicyclic) bond motifs is 1. The molecule has 1 fully saturated rings. The Labute approximate surface area is 179 Å². The fourth-order valence-electron chi connectivity index (χ4n) is 4.10. The lowest BCUT2D eigenvalue weighted by Gasteiger charge is -2.31. The second-order valence-electron chi connectivity index (χ2n) is 7.54. The van der Waals surface area contributed by atoms with Gasteiger partial charge in [-0.1, -0.05) is 12.1 Å². The largest absolute Gasteiger partial charge is 0.493 e. The first-order valence-electron chi connectivity index (χ1n) is 9.91. The van der Waals surface area contributed by atoms with Gasteiger partial charge >= 0.3 is 11.9 Å². The molecule has 4 rings (SSSR count). The maximum atomic E-state index is 12.9. The number of hydrogen-bond donors (Lipinski definition) is 0. The van der Waals surface area contributed by atoms with E-state index in [0.29, 0.717) is 29.4 Å². The maximum Gasteiger partial charge on any atom is 0.351 e. The molecule has 2 aromatic rings. The predicted octanol–water partition coefficient (Wildman–Crippen LogP) is 2.69. The van der Waals surface area contributed by atoms with E-state index >= 15 is 0 Å². The molecule has 8 nitrogen and oxygen atoms in total. The van der Waals surface area contributed by atoms with Crippen molar-refractivity contribution in [3.05, 3.63) is 47.5 Å². The summed E-state index contributed by atoms with van der Waals surface area (Å²) in [6.45, 7) is 1.62. The van der Waals surface area contributed by atoms with E-state index < -0.39 is 17.5 Å². The molecule has 0 unspecified atom stereocenters. The van der Waals surface area contributed by atoms with Crippen molar-refractivity contribution in [2.45, 2.75) is 25.4 Å². The molecule has 2 heterocycles. The van der Waals surface area contributed by atoms with E-state index in [4.69, 9.17) is 28.4 Å². The lowest BCUT2D eigenvalue weighted by atomic mass is 9.80. The van der Waals surface area contributed by atoms with E-state index in [1.54, 1.807) is 19.2 Å². The van der Waals surface area contributed by atoms with Crippen LogP contribution in [-0.4, -0.2) is 45.2 Å². The van der Waals surface area contributed by atoms with Gasteiger partial charge in [0, 0.05) is 19.3 Å². The van der Waals surface area contributed by atoms with Crippen molar-refractivity contribution in [3.63, 3.8) is 0 Å². The number of methoxy groups -OCH3 is 2. The summed E-state index contributed by atoms with van der Waals surface area (Å²) in [6, 6.07) is 11.0. The Balaban J connectivity index is 1.66. The van der Waals surface area contributed by atoms with Gasteiger partial charge in [0.25, 0.3) is 0 Å². The van der Waals surface area contributed by atoms with E-state index in [-0.39, 0.29) is 25.7 Å². The minimum Gasteiger partial charge on any atom is -0.493 e. The molecule has 0 spiro atoms. The van der Waals surface area contributed by atoms with Crippen molar-refractivity contribution in [3.8, 4) is 23.0 Å². The number of benzene rings is 2. The summed E-state index contributed by atoms with van der Waals surface area (Å²) in [5.41, 5.74) is 0.242. The number of carbonyl (C=O) groups excluding carboxylic acids is 2. The third-order valence-electron chi connectivity index (χ3n) is 5.58. The van der Waals surface area contributed by atoms with Crippen LogP contribution in [0.4, 0.5) is 0 Å². The summed E-state index contributed by atoms with van der Waals surface area (Å²) >= 11 is 0. The average molecular weight is 428 g/mol. The highest BCUT2D eigenvalue weighted by atomic mass is 16.7. The lowest BCUT2D eigenvalue weighted by Crippen LogP contribution is -2.48. The van der Waals surface area contributed by atoms with Crippen LogP contribution in [0.1, 0.15) is 18.1 Å². The average Bonchev–Trinajstić information content (AvgIpc) is 3.33. The van der Waals surface area contributed by atoms with Crippen LogP contribution in [0.25, 0.3) is 0 Å². The van der Waals surface area contributed by atoms with Crippen LogP contribution in [-0.2, 0) is 31.9 Å². The van der Waals surface area contributed by atoms with Gasteiger partial charge in [0.05, 0.1) is 20.8 Å². The zero-order chi connectivity index (χ0) is 22.0. The number of hydrogen-bond acceptors (Lipinski definition) is 8. The standard InChI is InChI=1S/C23H24O8/c1-14(24)31-23(11-16-5-6-18(26-2)20(10-16)27-3)17(12-28-22(23)25)8-15-4-7-19-21(9-15)30-13-29-19/h4-7,9-10,17H,8,11-13H2,1-3H3/t17-,23+/m0/s1. The summed E-state index contributed by atoms with van der Waals surface area (Å²) in [5, 5.41) is 0. The van der Waals surface area contributed by atoms with Gasteiger partial charge < -0.3 is 28.4 Å². The maximum absolute atomic E-state index is 12.9. The number of rotatable bonds is 7. The zero-order valence-corrected chi connectivity index (χ0v) is 17.6. The van der Waals surface area contributed by atoms with Crippen molar-refractivity contribution >= 4 is 11.9 Å². The van der Waals surface area contributed by atoms with Crippen LogP contribution >= 0.6 is 0 Å². The van der Waals surface area contributed by atoms with E-state index in [9.17, 15) is 9.59 Å². The summed E-state index contributed by atoms with van der Waals surface area (Å²) < 4.78 is 32.5. The van der Waals surface area contributed by atoms with Gasteiger partial charge in [-0.25, -0.2) is 4.79 Å². The third-order valence-corrected chi connectivity index (χ3v) is 5.58. The normalized spacial score (nSPS) is 21.5. The molecule has 31 heavy (non-hydrogen) atoms. The zero-order valence-electron chi connectivity index (χ0n) is 17.6. The van der Waals surface area contributed by atoms with E-state index in [2.05, 4.69) is 0 Å². The highest BCUT2D eigenvalue weighted by Gasteiger charge is 2.55. The predicted molar refractivity (Wildman–Crippen MR) is 108 cm³/mol. The molecule has 0 radical (unpaired) electrons. The lowest BCUT2D eigenvalue weighted by molar-refractivity contribution is -0.174. The molecule has 0 aromatic heterocycles. The van der Waals surface area contributed by atoms with Gasteiger partial charge in [0.2, 0.25) is 12.4 Å². The van der Waals surface area contributed by atoms with Gasteiger partial charge in [0.1, 0.15) is 0 Å². The fourth-order valence-corrected chi connectivity index (χ4v) is 4.10. The molecule has 2 aromatic carbocycles. The Morgan fingerprint density at radius 2 is 1.74 bits per heavy atom. The van der Waals surface area contributed by atoms with Crippen molar-refractivity contribution in [1.82, 2.24) is 0 Å². The Bertz CT molecular complexity index is 1000. The van der Waals surface area contributed by atoms with Crippen LogP contribution < -0.4 is 18.9 Å². The summed E-state index contributed by atoms with van der Waals surface area (Å²) in [5.74, 6) is 0.950. The molecule has 8 heteroatoms. The fraction of sp³-hybridized carbons (Fsp3) is 0.391. The minimum absolute atomic E-state index is 0.147. The molecular formula is C23H24O8. The number of carbonyl (C=O) groups is 2. The summed E-state index contributed by atoms with van der Waals surface area (Å²) in [6.07, 6.45) is 0.615. The van der Waals surface area contributed by atoms with Crippen molar-refractivity contribution < 1.29 is 38.0 Å². The smallest absolute Gasteiger partial charge is 0.351 e. The highest BCUT2D eigenvalue weighted by molar-refractivity contribution is 5.85.